The van der Waals surface area contributed by atoms with Crippen molar-refractivity contribution in [2.24, 2.45) is 0 Å². The van der Waals surface area contributed by atoms with Crippen molar-refractivity contribution in [1.29, 1.82) is 0 Å². The predicted octanol–water partition coefficient (Wildman–Crippen LogP) is 2.01. The van der Waals surface area contributed by atoms with Gasteiger partial charge in [-0.3, -0.25) is 14.5 Å². The number of nitrogens with zero attached hydrogens (tertiary/aromatic N) is 2. The van der Waals surface area contributed by atoms with Crippen LogP contribution in [0.25, 0.3) is 0 Å². The van der Waals surface area contributed by atoms with Gasteiger partial charge in [-0.15, -0.1) is 0 Å². The smallest absolute Gasteiger partial charge is 0.306 e. The summed E-state index contributed by atoms with van der Waals surface area (Å²) in [4.78, 5) is 28.3. The molecule has 0 bridgehead atoms. The number of ether oxygens (including phenoxy) is 2. The van der Waals surface area contributed by atoms with Gasteiger partial charge in [0.2, 0.25) is 5.91 Å². The maximum atomic E-state index is 12.7. The molecule has 0 radical (unpaired) electrons. The van der Waals surface area contributed by atoms with Gasteiger partial charge in [-0.05, 0) is 30.9 Å². The molecule has 3 rings (SSSR count). The van der Waals surface area contributed by atoms with E-state index < -0.39 is 0 Å². The molecule has 1 saturated heterocycles. The SMILES string of the molecule is COC(=O)CCN(CCC(=O)N1CCc2ccccc21)CC1CCCO1. The highest BCUT2D eigenvalue weighted by atomic mass is 16.5. The van der Waals surface area contributed by atoms with Crippen LogP contribution in [0, 0.1) is 0 Å². The third-order valence-corrected chi connectivity index (χ3v) is 5.18. The summed E-state index contributed by atoms with van der Waals surface area (Å²) >= 11 is 0. The molecule has 1 amide bonds. The van der Waals surface area contributed by atoms with Gasteiger partial charge < -0.3 is 14.4 Å². The van der Waals surface area contributed by atoms with Gasteiger partial charge in [0.15, 0.2) is 0 Å². The number of rotatable bonds is 8. The van der Waals surface area contributed by atoms with E-state index in [1.807, 2.05) is 23.1 Å². The molecule has 26 heavy (non-hydrogen) atoms. The lowest BCUT2D eigenvalue weighted by Crippen LogP contribution is -2.38. The zero-order valence-corrected chi connectivity index (χ0v) is 15.5. The third-order valence-electron chi connectivity index (χ3n) is 5.18. The van der Waals surface area contributed by atoms with Gasteiger partial charge in [-0.2, -0.15) is 0 Å². The van der Waals surface area contributed by atoms with Crippen molar-refractivity contribution in [3.05, 3.63) is 29.8 Å². The highest BCUT2D eigenvalue weighted by Gasteiger charge is 2.25. The molecule has 1 aromatic rings. The lowest BCUT2D eigenvalue weighted by Gasteiger charge is -2.26. The third kappa shape index (κ3) is 4.83. The molecular weight excluding hydrogens is 332 g/mol. The van der Waals surface area contributed by atoms with Gasteiger partial charge in [0, 0.05) is 44.9 Å². The van der Waals surface area contributed by atoms with E-state index in [4.69, 9.17) is 9.47 Å². The van der Waals surface area contributed by atoms with Gasteiger partial charge >= 0.3 is 5.97 Å². The van der Waals surface area contributed by atoms with Crippen LogP contribution in [0.4, 0.5) is 5.69 Å². The number of para-hydroxylation sites is 1. The molecule has 0 N–H and O–H groups in total. The molecular formula is C20H28N2O4. The molecule has 0 aromatic heterocycles. The van der Waals surface area contributed by atoms with Gasteiger partial charge in [0.05, 0.1) is 19.6 Å². The van der Waals surface area contributed by atoms with Crippen LogP contribution in [-0.2, 0) is 25.5 Å². The van der Waals surface area contributed by atoms with Crippen LogP contribution in [0.1, 0.15) is 31.2 Å². The molecule has 1 atom stereocenters. The topological polar surface area (TPSA) is 59.1 Å². The number of carbonyl (C=O) groups is 2. The first-order chi connectivity index (χ1) is 12.7. The van der Waals surface area contributed by atoms with E-state index in [0.717, 1.165) is 44.6 Å². The molecule has 6 heteroatoms. The Labute approximate surface area is 155 Å². The van der Waals surface area contributed by atoms with Crippen LogP contribution in [0.15, 0.2) is 24.3 Å². The van der Waals surface area contributed by atoms with Gasteiger partial charge in [0.25, 0.3) is 0 Å². The van der Waals surface area contributed by atoms with Crippen molar-refractivity contribution in [2.75, 3.05) is 44.8 Å². The van der Waals surface area contributed by atoms with E-state index in [1.54, 1.807) is 0 Å². The zero-order chi connectivity index (χ0) is 18.4. The number of hydrogen-bond donors (Lipinski definition) is 0. The van der Waals surface area contributed by atoms with Crippen LogP contribution >= 0.6 is 0 Å². The van der Waals surface area contributed by atoms with Crippen LogP contribution in [0.3, 0.4) is 0 Å². The summed E-state index contributed by atoms with van der Waals surface area (Å²) in [6.45, 7) is 3.55. The molecule has 142 valence electrons. The summed E-state index contributed by atoms with van der Waals surface area (Å²) < 4.78 is 10.5. The monoisotopic (exact) mass is 360 g/mol. The summed E-state index contributed by atoms with van der Waals surface area (Å²) in [7, 11) is 1.40. The quantitative estimate of drug-likeness (QED) is 0.664. The largest absolute Gasteiger partial charge is 0.469 e. The fourth-order valence-corrected chi connectivity index (χ4v) is 3.71. The lowest BCUT2D eigenvalue weighted by atomic mass is 10.2. The first kappa shape index (κ1) is 18.9. The second-order valence-electron chi connectivity index (χ2n) is 6.94. The number of amides is 1. The van der Waals surface area contributed by atoms with E-state index in [9.17, 15) is 9.59 Å². The number of carbonyl (C=O) groups excluding carboxylic acids is 2. The second-order valence-corrected chi connectivity index (χ2v) is 6.94. The maximum Gasteiger partial charge on any atom is 0.306 e. The highest BCUT2D eigenvalue weighted by Crippen LogP contribution is 2.28. The van der Waals surface area contributed by atoms with Crippen molar-refractivity contribution < 1.29 is 19.1 Å². The average Bonchev–Trinajstić information content (AvgIpc) is 3.32. The van der Waals surface area contributed by atoms with E-state index in [-0.39, 0.29) is 18.0 Å². The molecule has 0 spiro atoms. The lowest BCUT2D eigenvalue weighted by molar-refractivity contribution is -0.141. The highest BCUT2D eigenvalue weighted by molar-refractivity contribution is 5.95. The van der Waals surface area contributed by atoms with Crippen molar-refractivity contribution in [3.8, 4) is 0 Å². The van der Waals surface area contributed by atoms with Crippen molar-refractivity contribution in [2.45, 2.75) is 38.2 Å². The first-order valence-corrected chi connectivity index (χ1v) is 9.46. The van der Waals surface area contributed by atoms with Crippen LogP contribution < -0.4 is 4.90 Å². The average molecular weight is 360 g/mol. The normalized spacial score (nSPS) is 19.0. The molecule has 2 heterocycles. The molecule has 2 aliphatic heterocycles. The van der Waals surface area contributed by atoms with E-state index in [0.29, 0.717) is 25.9 Å². The fourth-order valence-electron chi connectivity index (χ4n) is 3.71. The molecule has 6 nitrogen and oxygen atoms in total. The van der Waals surface area contributed by atoms with Gasteiger partial charge in [-0.25, -0.2) is 0 Å². The number of methoxy groups -OCH3 is 1. The van der Waals surface area contributed by atoms with E-state index >= 15 is 0 Å². The van der Waals surface area contributed by atoms with E-state index in [2.05, 4.69) is 11.0 Å². The second kappa shape index (κ2) is 9.14. The Balaban J connectivity index is 1.54. The number of fused-ring (bicyclic) bond motifs is 1. The molecule has 1 fully saturated rings. The Morgan fingerprint density at radius 1 is 1.27 bits per heavy atom. The van der Waals surface area contributed by atoms with Crippen LogP contribution in [-0.4, -0.2) is 62.8 Å². The molecule has 1 unspecified atom stereocenters. The number of hydrogen-bond acceptors (Lipinski definition) is 5. The Hall–Kier alpha value is -1.92. The summed E-state index contributed by atoms with van der Waals surface area (Å²) in [6, 6.07) is 8.10. The van der Waals surface area contributed by atoms with Gasteiger partial charge in [0.1, 0.15) is 0 Å². The molecule has 2 aliphatic rings. The minimum absolute atomic E-state index is 0.144. The Morgan fingerprint density at radius 2 is 2.08 bits per heavy atom. The van der Waals surface area contributed by atoms with Crippen molar-refractivity contribution >= 4 is 17.6 Å². The number of benzene rings is 1. The molecule has 1 aromatic carbocycles. The number of esters is 1. The fraction of sp³-hybridized carbons (Fsp3) is 0.600. The molecule has 0 saturated carbocycles. The van der Waals surface area contributed by atoms with Gasteiger partial charge in [-0.1, -0.05) is 18.2 Å². The number of anilines is 1. The minimum atomic E-state index is -0.220. The van der Waals surface area contributed by atoms with Crippen molar-refractivity contribution in [3.63, 3.8) is 0 Å². The summed E-state index contributed by atoms with van der Waals surface area (Å²) in [5.74, 6) is -0.0764. The standard InChI is InChI=1S/C20H28N2O4/c1-25-20(24)10-12-21(15-17-6-4-14-26-17)11-9-19(23)22-13-8-16-5-2-3-7-18(16)22/h2-3,5,7,17H,4,6,8-15H2,1H3. The van der Waals surface area contributed by atoms with E-state index in [1.165, 1.54) is 12.7 Å². The maximum absolute atomic E-state index is 12.7. The minimum Gasteiger partial charge on any atom is -0.469 e. The Bertz CT molecular complexity index is 628. The zero-order valence-electron chi connectivity index (χ0n) is 15.5. The predicted molar refractivity (Wildman–Crippen MR) is 99.2 cm³/mol. The molecule has 0 aliphatic carbocycles. The Morgan fingerprint density at radius 3 is 2.85 bits per heavy atom. The summed E-state index contributed by atoms with van der Waals surface area (Å²) in [6.07, 6.45) is 4.03. The first-order valence-electron chi connectivity index (χ1n) is 9.46. The summed E-state index contributed by atoms with van der Waals surface area (Å²) in [5.41, 5.74) is 2.28. The van der Waals surface area contributed by atoms with Crippen molar-refractivity contribution in [1.82, 2.24) is 4.90 Å². The van der Waals surface area contributed by atoms with Crippen LogP contribution in [0.5, 0.6) is 0 Å². The summed E-state index contributed by atoms with van der Waals surface area (Å²) in [5, 5.41) is 0. The van der Waals surface area contributed by atoms with Crippen LogP contribution in [0.2, 0.25) is 0 Å². The Kier molecular flexibility index (Phi) is 6.63.